The Hall–Kier alpha value is -3.16. The molecule has 0 bridgehead atoms. The lowest BCUT2D eigenvalue weighted by Crippen LogP contribution is -2.31. The Balaban J connectivity index is 1.66. The van der Waals surface area contributed by atoms with Gasteiger partial charge < -0.3 is 19.5 Å². The average Bonchev–Trinajstić information content (AvgIpc) is 3.41. The van der Waals surface area contributed by atoms with Crippen LogP contribution < -0.4 is 5.32 Å². The third-order valence-electron chi connectivity index (χ3n) is 5.50. The number of ether oxygens (including phenoxy) is 1. The summed E-state index contributed by atoms with van der Waals surface area (Å²) in [6.07, 6.45) is 4.59. The van der Waals surface area contributed by atoms with Crippen LogP contribution in [0.15, 0.2) is 24.3 Å². The van der Waals surface area contributed by atoms with E-state index in [4.69, 9.17) is 4.74 Å². The summed E-state index contributed by atoms with van der Waals surface area (Å²) in [5.74, 6) is -0.724. The van der Waals surface area contributed by atoms with Gasteiger partial charge in [0, 0.05) is 19.6 Å². The highest BCUT2D eigenvalue weighted by molar-refractivity contribution is 6.08. The number of aromatic nitrogens is 2. The zero-order valence-corrected chi connectivity index (χ0v) is 16.4. The van der Waals surface area contributed by atoms with Gasteiger partial charge in [-0.1, -0.05) is 12.1 Å². The summed E-state index contributed by atoms with van der Waals surface area (Å²) in [5, 5.41) is 2.77. The Morgan fingerprint density at radius 2 is 1.76 bits per heavy atom. The highest BCUT2D eigenvalue weighted by atomic mass is 16.5. The zero-order valence-electron chi connectivity index (χ0n) is 16.4. The maximum atomic E-state index is 13.0. The first-order chi connectivity index (χ1) is 14.1. The molecule has 1 fully saturated rings. The van der Waals surface area contributed by atoms with Crippen LogP contribution in [-0.2, 0) is 17.7 Å². The number of hydrogen-bond donors (Lipinski definition) is 1. The fourth-order valence-electron chi connectivity index (χ4n) is 4.01. The summed E-state index contributed by atoms with van der Waals surface area (Å²) in [4.78, 5) is 44.2. The molecule has 0 atom stereocenters. The van der Waals surface area contributed by atoms with Crippen LogP contribution >= 0.6 is 0 Å². The van der Waals surface area contributed by atoms with Crippen LogP contribution in [-0.4, -0.2) is 52.4 Å². The average molecular weight is 396 g/mol. The predicted octanol–water partition coefficient (Wildman–Crippen LogP) is 2.49. The predicted molar refractivity (Wildman–Crippen MR) is 106 cm³/mol. The van der Waals surface area contributed by atoms with Gasteiger partial charge in [0.2, 0.25) is 0 Å². The van der Waals surface area contributed by atoms with Crippen LogP contribution in [0.3, 0.4) is 0 Å². The van der Waals surface area contributed by atoms with Crippen LogP contribution in [0.1, 0.15) is 62.8 Å². The number of carbonyl (C=O) groups is 3. The molecule has 0 aliphatic carbocycles. The van der Waals surface area contributed by atoms with Gasteiger partial charge in [0.1, 0.15) is 0 Å². The molecule has 152 valence electrons. The maximum absolute atomic E-state index is 13.0. The third kappa shape index (κ3) is 3.62. The molecular formula is C21H24N4O4. The van der Waals surface area contributed by atoms with E-state index in [1.165, 1.54) is 7.11 Å². The smallest absolute Gasteiger partial charge is 0.339 e. The van der Waals surface area contributed by atoms with Gasteiger partial charge in [-0.3, -0.25) is 9.59 Å². The van der Waals surface area contributed by atoms with Crippen LogP contribution in [0.2, 0.25) is 0 Å². The number of esters is 1. The molecule has 2 aliphatic heterocycles. The molecule has 0 unspecified atom stereocenters. The van der Waals surface area contributed by atoms with Gasteiger partial charge in [0.15, 0.2) is 11.5 Å². The minimum absolute atomic E-state index is 0.111. The highest BCUT2D eigenvalue weighted by Crippen LogP contribution is 2.25. The minimum Gasteiger partial charge on any atom is -0.465 e. The molecular weight excluding hydrogens is 372 g/mol. The maximum Gasteiger partial charge on any atom is 0.339 e. The van der Waals surface area contributed by atoms with Gasteiger partial charge in [0.25, 0.3) is 11.8 Å². The first-order valence-corrected chi connectivity index (χ1v) is 9.97. The molecule has 1 aromatic carbocycles. The first kappa shape index (κ1) is 19.2. The Morgan fingerprint density at radius 1 is 1.03 bits per heavy atom. The summed E-state index contributed by atoms with van der Waals surface area (Å²) in [6, 6.07) is 6.66. The summed E-state index contributed by atoms with van der Waals surface area (Å²) in [7, 11) is 1.29. The molecule has 8 heteroatoms. The van der Waals surface area contributed by atoms with E-state index in [9.17, 15) is 14.4 Å². The summed E-state index contributed by atoms with van der Waals surface area (Å²) in [5.41, 5.74) is 1.66. The number of nitrogens with one attached hydrogen (secondary N) is 1. The quantitative estimate of drug-likeness (QED) is 0.802. The van der Waals surface area contributed by atoms with E-state index in [2.05, 4.69) is 10.3 Å². The van der Waals surface area contributed by atoms with E-state index in [0.717, 1.165) is 44.5 Å². The van der Waals surface area contributed by atoms with Gasteiger partial charge in [-0.25, -0.2) is 9.78 Å². The van der Waals surface area contributed by atoms with E-state index in [-0.39, 0.29) is 17.2 Å². The second kappa shape index (κ2) is 8.06. The SMILES string of the molecule is COC(=O)c1ccccc1NC(=O)c1nc(C(=O)N2CCCC2)n2c1CCCC2. The topological polar surface area (TPSA) is 93.5 Å². The molecule has 3 heterocycles. The highest BCUT2D eigenvalue weighted by Gasteiger charge is 2.31. The molecule has 1 saturated heterocycles. The number of imidazole rings is 1. The third-order valence-corrected chi connectivity index (χ3v) is 5.50. The van der Waals surface area contributed by atoms with Crippen molar-refractivity contribution in [1.82, 2.24) is 14.5 Å². The van der Waals surface area contributed by atoms with Crippen molar-refractivity contribution < 1.29 is 19.1 Å². The van der Waals surface area contributed by atoms with E-state index in [1.54, 1.807) is 29.2 Å². The first-order valence-electron chi connectivity index (χ1n) is 9.97. The number of benzene rings is 1. The summed E-state index contributed by atoms with van der Waals surface area (Å²) < 4.78 is 6.68. The van der Waals surface area contributed by atoms with Crippen molar-refractivity contribution in [2.75, 3.05) is 25.5 Å². The summed E-state index contributed by atoms with van der Waals surface area (Å²) in [6.45, 7) is 2.15. The number of likely N-dealkylation sites (tertiary alicyclic amines) is 1. The molecule has 0 saturated carbocycles. The number of carbonyl (C=O) groups excluding carboxylic acids is 3. The van der Waals surface area contributed by atoms with Gasteiger partial charge in [0.05, 0.1) is 24.1 Å². The van der Waals surface area contributed by atoms with Crippen LogP contribution in [0.25, 0.3) is 0 Å². The molecule has 4 rings (SSSR count). The molecule has 8 nitrogen and oxygen atoms in total. The number of fused-ring (bicyclic) bond motifs is 1. The van der Waals surface area contributed by atoms with Gasteiger partial charge in [-0.15, -0.1) is 0 Å². The Labute approximate surface area is 168 Å². The van der Waals surface area contributed by atoms with E-state index in [1.807, 2.05) is 4.57 Å². The fourth-order valence-corrected chi connectivity index (χ4v) is 4.01. The Kier molecular flexibility index (Phi) is 5.33. The molecule has 0 radical (unpaired) electrons. The number of para-hydroxylation sites is 1. The van der Waals surface area contributed by atoms with Crippen molar-refractivity contribution in [1.29, 1.82) is 0 Å². The normalized spacial score (nSPS) is 15.7. The van der Waals surface area contributed by atoms with Crippen molar-refractivity contribution in [3.63, 3.8) is 0 Å². The van der Waals surface area contributed by atoms with Crippen LogP contribution in [0.4, 0.5) is 5.69 Å². The number of nitrogens with zero attached hydrogens (tertiary/aromatic N) is 3. The van der Waals surface area contributed by atoms with Crippen LogP contribution in [0.5, 0.6) is 0 Å². The van der Waals surface area contributed by atoms with Gasteiger partial charge in [-0.2, -0.15) is 0 Å². The largest absolute Gasteiger partial charge is 0.465 e. The molecule has 1 N–H and O–H groups in total. The van der Waals surface area contributed by atoms with Crippen molar-refractivity contribution in [2.24, 2.45) is 0 Å². The lowest BCUT2D eigenvalue weighted by molar-refractivity contribution is 0.0601. The van der Waals surface area contributed by atoms with E-state index < -0.39 is 11.9 Å². The Bertz CT molecular complexity index is 960. The van der Waals surface area contributed by atoms with Crippen molar-refractivity contribution in [2.45, 2.75) is 38.6 Å². The second-order valence-corrected chi connectivity index (χ2v) is 7.33. The molecule has 0 spiro atoms. The summed E-state index contributed by atoms with van der Waals surface area (Å²) >= 11 is 0. The van der Waals surface area contributed by atoms with E-state index >= 15 is 0 Å². The molecule has 2 amide bonds. The molecule has 2 aliphatic rings. The van der Waals surface area contributed by atoms with E-state index in [0.29, 0.717) is 24.5 Å². The lowest BCUT2D eigenvalue weighted by atomic mass is 10.1. The Morgan fingerprint density at radius 3 is 2.52 bits per heavy atom. The molecule has 29 heavy (non-hydrogen) atoms. The molecule has 2 aromatic rings. The number of rotatable bonds is 4. The molecule has 1 aromatic heterocycles. The number of amides is 2. The number of anilines is 1. The lowest BCUT2D eigenvalue weighted by Gasteiger charge is -2.19. The number of hydrogen-bond acceptors (Lipinski definition) is 5. The zero-order chi connectivity index (χ0) is 20.4. The monoisotopic (exact) mass is 396 g/mol. The van der Waals surface area contributed by atoms with Gasteiger partial charge in [-0.05, 0) is 44.2 Å². The van der Waals surface area contributed by atoms with Crippen molar-refractivity contribution >= 4 is 23.5 Å². The van der Waals surface area contributed by atoms with Gasteiger partial charge >= 0.3 is 5.97 Å². The second-order valence-electron chi connectivity index (χ2n) is 7.33. The number of methoxy groups -OCH3 is 1. The van der Waals surface area contributed by atoms with Crippen molar-refractivity contribution in [3.8, 4) is 0 Å². The van der Waals surface area contributed by atoms with Crippen molar-refractivity contribution in [3.05, 3.63) is 47.0 Å². The standard InChI is InChI=1S/C21H24N4O4/c1-29-21(28)14-8-2-3-9-15(14)22-19(26)17-16-10-4-5-13-25(16)18(23-17)20(27)24-11-6-7-12-24/h2-3,8-9H,4-7,10-13H2,1H3,(H,22,26). The fraction of sp³-hybridized carbons (Fsp3) is 0.429. The minimum atomic E-state index is -0.530. The van der Waals surface area contributed by atoms with Crippen LogP contribution in [0, 0.1) is 0 Å².